The number of halogens is 4. The van der Waals surface area contributed by atoms with Crippen LogP contribution in [0.25, 0.3) is 0 Å². The molecule has 0 heterocycles. The van der Waals surface area contributed by atoms with Crippen molar-refractivity contribution in [3.63, 3.8) is 0 Å². The fourth-order valence-corrected chi connectivity index (χ4v) is 1.52. The zero-order valence-corrected chi connectivity index (χ0v) is 8.99. The van der Waals surface area contributed by atoms with Gasteiger partial charge < -0.3 is 5.11 Å². The topological polar surface area (TPSA) is 37.3 Å². The van der Waals surface area contributed by atoms with Crippen LogP contribution in [0.3, 0.4) is 0 Å². The highest BCUT2D eigenvalue weighted by Crippen LogP contribution is 2.39. The van der Waals surface area contributed by atoms with Gasteiger partial charge in [0.1, 0.15) is 11.5 Å². The number of carbonyl (C=O) groups is 1. The van der Waals surface area contributed by atoms with Crippen molar-refractivity contribution in [1.82, 2.24) is 0 Å². The van der Waals surface area contributed by atoms with E-state index in [1.165, 1.54) is 6.92 Å². The summed E-state index contributed by atoms with van der Waals surface area (Å²) in [5, 5.41) is 9.20. The van der Waals surface area contributed by atoms with Crippen molar-refractivity contribution in [1.29, 1.82) is 0 Å². The van der Waals surface area contributed by atoms with Gasteiger partial charge in [-0.3, -0.25) is 4.79 Å². The number of phenolic OH excluding ortho intramolecular Hbond substituents is 1. The van der Waals surface area contributed by atoms with Gasteiger partial charge in [0.25, 0.3) is 0 Å². The monoisotopic (exact) mass is 252 g/mol. The van der Waals surface area contributed by atoms with Gasteiger partial charge in [0.15, 0.2) is 0 Å². The standard InChI is InChI=1S/C10H8ClF3O2/c1-5(15)2-6-3-7(11)4-8(9(6)16)10(12,13)14/h3-4,16H,2H2,1H3. The zero-order chi connectivity index (χ0) is 12.5. The molecule has 2 nitrogen and oxygen atoms in total. The maximum Gasteiger partial charge on any atom is 0.420 e. The number of ketones is 1. The van der Waals surface area contributed by atoms with E-state index in [4.69, 9.17) is 11.6 Å². The van der Waals surface area contributed by atoms with Crippen LogP contribution in [0.15, 0.2) is 12.1 Å². The number of rotatable bonds is 2. The minimum absolute atomic E-state index is 0.118. The molecule has 1 rings (SSSR count). The summed E-state index contributed by atoms with van der Waals surface area (Å²) < 4.78 is 37.3. The molecule has 1 N–H and O–H groups in total. The van der Waals surface area contributed by atoms with E-state index < -0.39 is 17.5 Å². The van der Waals surface area contributed by atoms with Crippen molar-refractivity contribution in [3.8, 4) is 5.75 Å². The Balaban J connectivity index is 3.32. The number of benzene rings is 1. The second-order valence-corrected chi connectivity index (χ2v) is 3.77. The van der Waals surface area contributed by atoms with Gasteiger partial charge in [0, 0.05) is 17.0 Å². The molecule has 1 aromatic rings. The fraction of sp³-hybridized carbons (Fsp3) is 0.300. The second-order valence-electron chi connectivity index (χ2n) is 3.34. The molecule has 0 atom stereocenters. The normalized spacial score (nSPS) is 11.6. The second kappa shape index (κ2) is 4.33. The molecule has 16 heavy (non-hydrogen) atoms. The molecule has 0 fully saturated rings. The van der Waals surface area contributed by atoms with Crippen molar-refractivity contribution in [3.05, 3.63) is 28.3 Å². The number of aromatic hydroxyl groups is 1. The molecule has 0 aliphatic rings. The smallest absolute Gasteiger partial charge is 0.420 e. The maximum atomic E-state index is 12.4. The van der Waals surface area contributed by atoms with Crippen LogP contribution in [0.4, 0.5) is 13.2 Å². The third kappa shape index (κ3) is 2.88. The molecule has 0 radical (unpaired) electrons. The number of hydrogen-bond acceptors (Lipinski definition) is 2. The number of phenols is 1. The summed E-state index contributed by atoms with van der Waals surface area (Å²) in [5.74, 6) is -1.29. The third-order valence-corrected chi connectivity index (χ3v) is 2.12. The quantitative estimate of drug-likeness (QED) is 0.878. The number of Topliss-reactive ketones (excluding diaryl/α,β-unsaturated/α-hetero) is 1. The lowest BCUT2D eigenvalue weighted by Crippen LogP contribution is -2.08. The Labute approximate surface area is 94.6 Å². The Morgan fingerprint density at radius 3 is 2.44 bits per heavy atom. The van der Waals surface area contributed by atoms with Gasteiger partial charge in [-0.25, -0.2) is 0 Å². The largest absolute Gasteiger partial charge is 0.507 e. The first kappa shape index (κ1) is 12.8. The number of hydrogen-bond donors (Lipinski definition) is 1. The third-order valence-electron chi connectivity index (χ3n) is 1.90. The highest BCUT2D eigenvalue weighted by Gasteiger charge is 2.35. The number of alkyl halides is 3. The van der Waals surface area contributed by atoms with Crippen LogP contribution in [-0.4, -0.2) is 10.9 Å². The molecule has 6 heteroatoms. The molecule has 0 spiro atoms. The van der Waals surface area contributed by atoms with E-state index >= 15 is 0 Å². The highest BCUT2D eigenvalue weighted by atomic mass is 35.5. The fourth-order valence-electron chi connectivity index (χ4n) is 1.27. The first-order valence-corrected chi connectivity index (χ1v) is 4.67. The summed E-state index contributed by atoms with van der Waals surface area (Å²) in [7, 11) is 0. The SMILES string of the molecule is CC(=O)Cc1cc(Cl)cc(C(F)(F)F)c1O. The van der Waals surface area contributed by atoms with E-state index in [-0.39, 0.29) is 22.8 Å². The minimum Gasteiger partial charge on any atom is -0.507 e. The van der Waals surface area contributed by atoms with Crippen molar-refractivity contribution in [2.24, 2.45) is 0 Å². The summed E-state index contributed by atoms with van der Waals surface area (Å²) in [4.78, 5) is 10.8. The van der Waals surface area contributed by atoms with Crippen LogP contribution in [0.2, 0.25) is 5.02 Å². The molecule has 0 bridgehead atoms. The van der Waals surface area contributed by atoms with Crippen LogP contribution >= 0.6 is 11.6 Å². The maximum absolute atomic E-state index is 12.4. The molecule has 1 aromatic carbocycles. The lowest BCUT2D eigenvalue weighted by atomic mass is 10.0. The molecule has 0 unspecified atom stereocenters. The van der Waals surface area contributed by atoms with Crippen LogP contribution in [0, 0.1) is 0 Å². The Morgan fingerprint density at radius 2 is 2.00 bits per heavy atom. The van der Waals surface area contributed by atoms with Gasteiger partial charge in [-0.05, 0) is 19.1 Å². The Morgan fingerprint density at radius 1 is 1.44 bits per heavy atom. The summed E-state index contributed by atoms with van der Waals surface area (Å²) in [5.41, 5.74) is -1.34. The van der Waals surface area contributed by atoms with Crippen LogP contribution < -0.4 is 0 Å². The van der Waals surface area contributed by atoms with E-state index in [1.807, 2.05) is 0 Å². The van der Waals surface area contributed by atoms with Gasteiger partial charge in [-0.15, -0.1) is 0 Å². The van der Waals surface area contributed by atoms with Crippen molar-refractivity contribution >= 4 is 17.4 Å². The zero-order valence-electron chi connectivity index (χ0n) is 8.23. The molecular formula is C10H8ClF3O2. The van der Waals surface area contributed by atoms with Gasteiger partial charge in [-0.2, -0.15) is 13.2 Å². The first-order valence-electron chi connectivity index (χ1n) is 4.30. The van der Waals surface area contributed by atoms with Gasteiger partial charge in [0.2, 0.25) is 0 Å². The predicted molar refractivity (Wildman–Crippen MR) is 52.5 cm³/mol. The van der Waals surface area contributed by atoms with E-state index in [2.05, 4.69) is 0 Å². The van der Waals surface area contributed by atoms with Crippen LogP contribution in [0.1, 0.15) is 18.1 Å². The molecule has 0 saturated heterocycles. The summed E-state index contributed by atoms with van der Waals surface area (Å²) in [6.07, 6.45) is -4.98. The van der Waals surface area contributed by atoms with Gasteiger partial charge in [0.05, 0.1) is 5.56 Å². The minimum atomic E-state index is -4.69. The Kier molecular flexibility index (Phi) is 3.48. The van der Waals surface area contributed by atoms with E-state index in [9.17, 15) is 23.1 Å². The lowest BCUT2D eigenvalue weighted by Gasteiger charge is -2.12. The van der Waals surface area contributed by atoms with Gasteiger partial charge in [-0.1, -0.05) is 11.6 Å². The Hall–Kier alpha value is -1.23. The summed E-state index contributed by atoms with van der Waals surface area (Å²) >= 11 is 5.49. The molecule has 0 aromatic heterocycles. The molecule has 0 aliphatic carbocycles. The van der Waals surface area contributed by atoms with Gasteiger partial charge >= 0.3 is 6.18 Å². The van der Waals surface area contributed by atoms with Crippen LogP contribution in [-0.2, 0) is 17.4 Å². The number of carbonyl (C=O) groups excluding carboxylic acids is 1. The summed E-state index contributed by atoms with van der Waals surface area (Å²) in [6.45, 7) is 1.22. The average molecular weight is 253 g/mol. The van der Waals surface area contributed by atoms with E-state index in [1.54, 1.807) is 0 Å². The summed E-state index contributed by atoms with van der Waals surface area (Å²) in [6, 6.07) is 1.77. The Bertz CT molecular complexity index is 427. The lowest BCUT2D eigenvalue weighted by molar-refractivity contribution is -0.138. The van der Waals surface area contributed by atoms with E-state index in [0.29, 0.717) is 6.07 Å². The van der Waals surface area contributed by atoms with Crippen molar-refractivity contribution in [2.45, 2.75) is 19.5 Å². The average Bonchev–Trinajstić information content (AvgIpc) is 2.07. The predicted octanol–water partition coefficient (Wildman–Crippen LogP) is 3.20. The molecule has 0 saturated carbocycles. The first-order chi connectivity index (χ1) is 7.21. The van der Waals surface area contributed by atoms with Crippen molar-refractivity contribution < 1.29 is 23.1 Å². The van der Waals surface area contributed by atoms with Crippen molar-refractivity contribution in [2.75, 3.05) is 0 Å². The highest BCUT2D eigenvalue weighted by molar-refractivity contribution is 6.30. The molecular weight excluding hydrogens is 245 g/mol. The molecule has 0 amide bonds. The van der Waals surface area contributed by atoms with E-state index in [0.717, 1.165) is 6.07 Å². The van der Waals surface area contributed by atoms with Crippen LogP contribution in [0.5, 0.6) is 5.75 Å². The molecule has 88 valence electrons. The molecule has 0 aliphatic heterocycles.